The van der Waals surface area contributed by atoms with Gasteiger partial charge in [0.2, 0.25) is 11.5 Å². The smallest absolute Gasteiger partial charge is 0.343 e. The minimum absolute atomic E-state index is 0.0392. The molecule has 3 aromatic carbocycles. The van der Waals surface area contributed by atoms with Crippen LogP contribution in [0.3, 0.4) is 0 Å². The van der Waals surface area contributed by atoms with Gasteiger partial charge in [-0.1, -0.05) is 45.0 Å². The summed E-state index contributed by atoms with van der Waals surface area (Å²) in [6.07, 6.45) is 1.70. The minimum atomic E-state index is -0.631. The van der Waals surface area contributed by atoms with Crippen LogP contribution in [0.2, 0.25) is 0 Å². The van der Waals surface area contributed by atoms with Crippen molar-refractivity contribution in [2.75, 3.05) is 21.3 Å². The molecule has 7 nitrogen and oxygen atoms in total. The number of allylic oxidation sites excluding steroid dienone is 1. The van der Waals surface area contributed by atoms with Gasteiger partial charge in [-0.3, -0.25) is 4.79 Å². The van der Waals surface area contributed by atoms with Crippen molar-refractivity contribution in [3.63, 3.8) is 0 Å². The Morgan fingerprint density at radius 1 is 0.861 bits per heavy atom. The number of carbonyl (C=O) groups excluding carboxylic acids is 2. The third kappa shape index (κ3) is 4.91. The van der Waals surface area contributed by atoms with Crippen molar-refractivity contribution in [2.45, 2.75) is 26.2 Å². The van der Waals surface area contributed by atoms with E-state index in [4.69, 9.17) is 23.7 Å². The van der Waals surface area contributed by atoms with Crippen LogP contribution in [-0.2, 0) is 5.41 Å². The first-order valence-corrected chi connectivity index (χ1v) is 11.4. The fourth-order valence-corrected chi connectivity index (χ4v) is 3.83. The molecule has 0 aromatic heterocycles. The fraction of sp³-hybridized carbons (Fsp3) is 0.241. The van der Waals surface area contributed by atoms with E-state index in [-0.39, 0.29) is 28.3 Å². The summed E-state index contributed by atoms with van der Waals surface area (Å²) in [5.74, 6) is 0.938. The molecule has 3 aromatic rings. The monoisotopic (exact) mass is 488 g/mol. The van der Waals surface area contributed by atoms with Crippen LogP contribution in [0.1, 0.15) is 52.6 Å². The summed E-state index contributed by atoms with van der Waals surface area (Å²) >= 11 is 0. The first-order chi connectivity index (χ1) is 17.1. The van der Waals surface area contributed by atoms with E-state index in [2.05, 4.69) is 20.8 Å². The van der Waals surface area contributed by atoms with Gasteiger partial charge in [0.15, 0.2) is 17.3 Å². The van der Waals surface area contributed by atoms with Crippen LogP contribution in [0.5, 0.6) is 28.7 Å². The molecule has 0 amide bonds. The molecule has 1 aliphatic heterocycles. The molecule has 0 atom stereocenters. The maximum absolute atomic E-state index is 12.8. The van der Waals surface area contributed by atoms with Crippen LogP contribution in [0, 0.1) is 0 Å². The highest BCUT2D eigenvalue weighted by Crippen LogP contribution is 2.39. The predicted molar refractivity (Wildman–Crippen MR) is 136 cm³/mol. The lowest BCUT2D eigenvalue weighted by molar-refractivity contribution is 0.0733. The van der Waals surface area contributed by atoms with E-state index >= 15 is 0 Å². The summed E-state index contributed by atoms with van der Waals surface area (Å²) in [6, 6.07) is 15.7. The summed E-state index contributed by atoms with van der Waals surface area (Å²) < 4.78 is 27.2. The number of benzene rings is 3. The molecule has 186 valence electrons. The van der Waals surface area contributed by atoms with Gasteiger partial charge < -0.3 is 23.7 Å². The first-order valence-electron chi connectivity index (χ1n) is 11.4. The Hall–Kier alpha value is -4.26. The lowest BCUT2D eigenvalue weighted by Gasteiger charge is -2.18. The van der Waals surface area contributed by atoms with Crippen molar-refractivity contribution in [1.82, 2.24) is 0 Å². The van der Waals surface area contributed by atoms with Gasteiger partial charge in [-0.2, -0.15) is 0 Å². The number of methoxy groups -OCH3 is 3. The van der Waals surface area contributed by atoms with E-state index in [9.17, 15) is 9.59 Å². The largest absolute Gasteiger partial charge is 0.493 e. The molecule has 0 saturated carbocycles. The Bertz CT molecular complexity index is 1320. The van der Waals surface area contributed by atoms with Gasteiger partial charge in [0.25, 0.3) is 0 Å². The summed E-state index contributed by atoms with van der Waals surface area (Å²) in [5, 5.41) is 0. The number of rotatable bonds is 6. The molecule has 36 heavy (non-hydrogen) atoms. The van der Waals surface area contributed by atoms with E-state index in [1.54, 1.807) is 18.2 Å². The zero-order chi connectivity index (χ0) is 26.0. The predicted octanol–water partition coefficient (Wildman–Crippen LogP) is 5.85. The van der Waals surface area contributed by atoms with Gasteiger partial charge in [0.1, 0.15) is 11.5 Å². The Balaban J connectivity index is 1.54. The first kappa shape index (κ1) is 24.9. The highest BCUT2D eigenvalue weighted by molar-refractivity contribution is 6.14. The third-order valence-corrected chi connectivity index (χ3v) is 5.83. The van der Waals surface area contributed by atoms with Crippen molar-refractivity contribution in [3.05, 3.63) is 82.6 Å². The van der Waals surface area contributed by atoms with Gasteiger partial charge in [-0.15, -0.1) is 0 Å². The zero-order valence-electron chi connectivity index (χ0n) is 21.1. The Morgan fingerprint density at radius 3 is 2.06 bits per heavy atom. The quantitative estimate of drug-likeness (QED) is 0.245. The minimum Gasteiger partial charge on any atom is -0.493 e. The molecular weight excluding hydrogens is 460 g/mol. The normalized spacial score (nSPS) is 13.7. The molecular formula is C29H28O7. The molecule has 7 heteroatoms. The van der Waals surface area contributed by atoms with Crippen LogP contribution in [-0.4, -0.2) is 33.1 Å². The lowest BCUT2D eigenvalue weighted by atomic mass is 9.86. The number of ketones is 1. The summed E-state index contributed by atoms with van der Waals surface area (Å²) in [7, 11) is 4.41. The average Bonchev–Trinajstić information content (AvgIpc) is 3.16. The van der Waals surface area contributed by atoms with Crippen molar-refractivity contribution in [1.29, 1.82) is 0 Å². The van der Waals surface area contributed by atoms with Gasteiger partial charge in [0, 0.05) is 6.07 Å². The van der Waals surface area contributed by atoms with Gasteiger partial charge in [-0.05, 0) is 46.9 Å². The Labute approximate surface area is 210 Å². The SMILES string of the molecule is COc1cc(C(=O)Oc2ccc3c(c2)OC(=Cc2ccc(C(C)(C)C)cc2)C3=O)cc(OC)c1OC. The van der Waals surface area contributed by atoms with Gasteiger partial charge in [-0.25, -0.2) is 4.79 Å². The van der Waals surface area contributed by atoms with E-state index in [0.29, 0.717) is 28.6 Å². The second-order valence-electron chi connectivity index (χ2n) is 9.27. The van der Waals surface area contributed by atoms with E-state index < -0.39 is 5.97 Å². The van der Waals surface area contributed by atoms with E-state index in [1.807, 2.05) is 24.3 Å². The van der Waals surface area contributed by atoms with Gasteiger partial charge in [0.05, 0.1) is 32.5 Å². The van der Waals surface area contributed by atoms with E-state index in [1.165, 1.54) is 45.1 Å². The van der Waals surface area contributed by atoms with Crippen LogP contribution >= 0.6 is 0 Å². The van der Waals surface area contributed by atoms with Crippen LogP contribution < -0.4 is 23.7 Å². The average molecular weight is 489 g/mol. The summed E-state index contributed by atoms with van der Waals surface area (Å²) in [5.41, 5.74) is 2.71. The van der Waals surface area contributed by atoms with Gasteiger partial charge >= 0.3 is 5.97 Å². The van der Waals surface area contributed by atoms with E-state index in [0.717, 1.165) is 5.56 Å². The highest BCUT2D eigenvalue weighted by Gasteiger charge is 2.28. The third-order valence-electron chi connectivity index (χ3n) is 5.83. The molecule has 0 N–H and O–H groups in total. The number of fused-ring (bicyclic) bond motifs is 1. The molecule has 0 bridgehead atoms. The van der Waals surface area contributed by atoms with Crippen molar-refractivity contribution in [2.24, 2.45) is 0 Å². The number of carbonyl (C=O) groups is 2. The Morgan fingerprint density at radius 2 is 1.50 bits per heavy atom. The van der Waals surface area contributed by atoms with Crippen molar-refractivity contribution >= 4 is 17.8 Å². The molecule has 0 saturated heterocycles. The maximum Gasteiger partial charge on any atom is 0.343 e. The molecule has 0 unspecified atom stereocenters. The zero-order valence-corrected chi connectivity index (χ0v) is 21.1. The second kappa shape index (κ2) is 9.77. The van der Waals surface area contributed by atoms with Crippen LogP contribution in [0.15, 0.2) is 60.4 Å². The highest BCUT2D eigenvalue weighted by atomic mass is 16.5. The molecule has 1 aliphatic rings. The molecule has 0 fully saturated rings. The fourth-order valence-electron chi connectivity index (χ4n) is 3.83. The number of ether oxygens (including phenoxy) is 5. The van der Waals surface area contributed by atoms with Crippen LogP contribution in [0.25, 0.3) is 6.08 Å². The molecule has 4 rings (SSSR count). The standard InChI is InChI=1S/C29H28O7/c1-29(2,3)19-9-7-17(8-10-19)13-23-26(30)21-12-11-20(16-22(21)36-23)35-28(31)18-14-24(32-4)27(34-6)25(15-18)33-5/h7-16H,1-6H3. The molecule has 1 heterocycles. The molecule has 0 radical (unpaired) electrons. The van der Waals surface area contributed by atoms with Crippen molar-refractivity contribution < 1.29 is 33.3 Å². The Kier molecular flexibility index (Phi) is 6.75. The molecule has 0 aliphatic carbocycles. The number of Topliss-reactive ketones (excluding diaryl/α,β-unsaturated/α-hetero) is 1. The number of hydrogen-bond donors (Lipinski definition) is 0. The maximum atomic E-state index is 12.8. The number of esters is 1. The lowest BCUT2D eigenvalue weighted by Crippen LogP contribution is -2.10. The summed E-state index contributed by atoms with van der Waals surface area (Å²) in [6.45, 7) is 6.44. The topological polar surface area (TPSA) is 80.3 Å². The van der Waals surface area contributed by atoms with Crippen molar-refractivity contribution in [3.8, 4) is 28.7 Å². The summed E-state index contributed by atoms with van der Waals surface area (Å²) in [4.78, 5) is 25.7. The molecule has 0 spiro atoms. The van der Waals surface area contributed by atoms with Crippen LogP contribution in [0.4, 0.5) is 0 Å². The number of hydrogen-bond acceptors (Lipinski definition) is 7. The second-order valence-corrected chi connectivity index (χ2v) is 9.27.